The van der Waals surface area contributed by atoms with Crippen LogP contribution in [0.15, 0.2) is 24.3 Å². The molecule has 1 aromatic carbocycles. The Morgan fingerprint density at radius 1 is 1.38 bits per heavy atom. The van der Waals surface area contributed by atoms with Crippen LogP contribution in [0.3, 0.4) is 0 Å². The second-order valence-electron chi connectivity index (χ2n) is 7.34. The van der Waals surface area contributed by atoms with E-state index < -0.39 is 0 Å². The molecule has 0 radical (unpaired) electrons. The van der Waals surface area contributed by atoms with E-state index in [-0.39, 0.29) is 5.91 Å². The molecule has 1 fully saturated rings. The quantitative estimate of drug-likeness (QED) is 0.876. The predicted octanol–water partition coefficient (Wildman–Crippen LogP) is 4.22. The monoisotopic (exact) mass is 370 g/mol. The van der Waals surface area contributed by atoms with E-state index in [0.29, 0.717) is 19.2 Å². The van der Waals surface area contributed by atoms with Crippen LogP contribution in [-0.4, -0.2) is 36.5 Å². The van der Waals surface area contributed by atoms with Crippen LogP contribution in [0.25, 0.3) is 10.4 Å². The van der Waals surface area contributed by atoms with Gasteiger partial charge in [-0.15, -0.1) is 11.3 Å². The maximum atomic E-state index is 12.6. The van der Waals surface area contributed by atoms with Crippen molar-refractivity contribution >= 4 is 17.2 Å². The van der Waals surface area contributed by atoms with Crippen LogP contribution in [0.4, 0.5) is 0 Å². The number of likely N-dealkylation sites (tertiary alicyclic amines) is 1. The van der Waals surface area contributed by atoms with E-state index in [0.717, 1.165) is 34.8 Å². The summed E-state index contributed by atoms with van der Waals surface area (Å²) >= 11 is 1.58. The Bertz CT molecular complexity index is 814. The zero-order valence-electron chi connectivity index (χ0n) is 15.5. The van der Waals surface area contributed by atoms with E-state index in [1.54, 1.807) is 11.3 Å². The number of carbonyl (C=O) groups excluding carboxylic acids is 1. The molecule has 2 aliphatic heterocycles. The number of fused-ring (bicyclic) bond motifs is 3. The van der Waals surface area contributed by atoms with Crippen LogP contribution in [-0.2, 0) is 6.61 Å². The number of rotatable bonds is 4. The SMILES string of the molecule is Cc1cccc2c1-c1sc(C(=O)NCCN3CCCC[C@@H]3C)cc1CO2. The lowest BCUT2D eigenvalue weighted by atomic mass is 10.0. The molecule has 0 bridgehead atoms. The van der Waals surface area contributed by atoms with Gasteiger partial charge in [0.25, 0.3) is 5.91 Å². The first kappa shape index (κ1) is 17.6. The van der Waals surface area contributed by atoms with Crippen molar-refractivity contribution in [2.75, 3.05) is 19.6 Å². The number of benzene rings is 1. The highest BCUT2D eigenvalue weighted by molar-refractivity contribution is 7.17. The lowest BCUT2D eigenvalue weighted by molar-refractivity contribution is 0.0942. The summed E-state index contributed by atoms with van der Waals surface area (Å²) in [7, 11) is 0. The minimum absolute atomic E-state index is 0.0317. The molecule has 1 saturated heterocycles. The number of aryl methyl sites for hydroxylation is 1. The van der Waals surface area contributed by atoms with Gasteiger partial charge in [-0.05, 0) is 50.9 Å². The highest BCUT2D eigenvalue weighted by Gasteiger charge is 2.24. The van der Waals surface area contributed by atoms with E-state index >= 15 is 0 Å². The summed E-state index contributed by atoms with van der Waals surface area (Å²) in [6.07, 6.45) is 3.87. The number of hydrogen-bond acceptors (Lipinski definition) is 4. The molecule has 26 heavy (non-hydrogen) atoms. The maximum Gasteiger partial charge on any atom is 0.261 e. The Labute approximate surface area is 159 Å². The first-order chi connectivity index (χ1) is 12.6. The Balaban J connectivity index is 1.43. The molecule has 3 heterocycles. The molecule has 4 rings (SSSR count). The number of thiophene rings is 1. The summed E-state index contributed by atoms with van der Waals surface area (Å²) in [5.74, 6) is 0.953. The third kappa shape index (κ3) is 3.38. The number of nitrogens with zero attached hydrogens (tertiary/aromatic N) is 1. The van der Waals surface area contributed by atoms with Crippen molar-refractivity contribution in [3.63, 3.8) is 0 Å². The van der Waals surface area contributed by atoms with E-state index in [1.807, 2.05) is 18.2 Å². The Hall–Kier alpha value is -1.85. The van der Waals surface area contributed by atoms with Gasteiger partial charge in [0.15, 0.2) is 0 Å². The minimum atomic E-state index is 0.0317. The lowest BCUT2D eigenvalue weighted by Gasteiger charge is -2.33. The van der Waals surface area contributed by atoms with Crippen molar-refractivity contribution in [3.8, 4) is 16.2 Å². The van der Waals surface area contributed by atoms with Gasteiger partial charge in [0.2, 0.25) is 0 Å². The first-order valence-electron chi connectivity index (χ1n) is 9.51. The molecule has 0 spiro atoms. The van der Waals surface area contributed by atoms with Crippen LogP contribution >= 0.6 is 11.3 Å². The summed E-state index contributed by atoms with van der Waals surface area (Å²) in [6.45, 7) is 7.71. The second kappa shape index (κ2) is 7.41. The van der Waals surface area contributed by atoms with Gasteiger partial charge in [-0.1, -0.05) is 18.6 Å². The van der Waals surface area contributed by atoms with Gasteiger partial charge in [-0.3, -0.25) is 9.69 Å². The lowest BCUT2D eigenvalue weighted by Crippen LogP contribution is -2.42. The molecule has 0 unspecified atom stereocenters. The number of nitrogens with one attached hydrogen (secondary N) is 1. The molecular weight excluding hydrogens is 344 g/mol. The van der Waals surface area contributed by atoms with Gasteiger partial charge in [0.1, 0.15) is 12.4 Å². The largest absolute Gasteiger partial charge is 0.488 e. The predicted molar refractivity (Wildman–Crippen MR) is 106 cm³/mol. The average molecular weight is 371 g/mol. The summed E-state index contributed by atoms with van der Waals surface area (Å²) in [6, 6.07) is 8.74. The molecule has 5 heteroatoms. The van der Waals surface area contributed by atoms with Crippen LogP contribution in [0, 0.1) is 6.92 Å². The van der Waals surface area contributed by atoms with Crippen molar-refractivity contribution in [2.45, 2.75) is 45.8 Å². The molecule has 1 aromatic heterocycles. The summed E-state index contributed by atoms with van der Waals surface area (Å²) in [5.41, 5.74) is 3.45. The van der Waals surface area contributed by atoms with Gasteiger partial charge in [0, 0.05) is 35.1 Å². The minimum Gasteiger partial charge on any atom is -0.488 e. The summed E-state index contributed by atoms with van der Waals surface area (Å²) in [4.78, 5) is 17.1. The number of ether oxygens (including phenoxy) is 1. The van der Waals surface area contributed by atoms with E-state index in [4.69, 9.17) is 4.74 Å². The molecular formula is C21H26N2O2S. The molecule has 1 amide bonds. The highest BCUT2D eigenvalue weighted by Crippen LogP contribution is 2.44. The fraction of sp³-hybridized carbons (Fsp3) is 0.476. The van der Waals surface area contributed by atoms with Gasteiger partial charge >= 0.3 is 0 Å². The van der Waals surface area contributed by atoms with Gasteiger partial charge in [-0.2, -0.15) is 0 Å². The maximum absolute atomic E-state index is 12.6. The molecule has 2 aliphatic rings. The van der Waals surface area contributed by atoms with Crippen molar-refractivity contribution in [1.29, 1.82) is 0 Å². The number of amides is 1. The smallest absolute Gasteiger partial charge is 0.261 e. The van der Waals surface area contributed by atoms with E-state index in [2.05, 4.69) is 30.1 Å². The van der Waals surface area contributed by atoms with Crippen LogP contribution in [0.5, 0.6) is 5.75 Å². The van der Waals surface area contributed by atoms with Gasteiger partial charge in [0.05, 0.1) is 4.88 Å². The van der Waals surface area contributed by atoms with Crippen LogP contribution in [0.2, 0.25) is 0 Å². The van der Waals surface area contributed by atoms with Crippen molar-refractivity contribution < 1.29 is 9.53 Å². The molecule has 4 nitrogen and oxygen atoms in total. The van der Waals surface area contributed by atoms with Gasteiger partial charge in [-0.25, -0.2) is 0 Å². The first-order valence-corrected chi connectivity index (χ1v) is 10.3. The van der Waals surface area contributed by atoms with Crippen molar-refractivity contribution in [2.24, 2.45) is 0 Å². The zero-order chi connectivity index (χ0) is 18.1. The number of carbonyl (C=O) groups is 1. The number of hydrogen-bond donors (Lipinski definition) is 1. The fourth-order valence-corrected chi connectivity index (χ4v) is 5.16. The topological polar surface area (TPSA) is 41.6 Å². The zero-order valence-corrected chi connectivity index (χ0v) is 16.3. The van der Waals surface area contributed by atoms with Crippen molar-refractivity contribution in [3.05, 3.63) is 40.3 Å². The van der Waals surface area contributed by atoms with Gasteiger partial charge < -0.3 is 10.1 Å². The molecule has 1 atom stereocenters. The average Bonchev–Trinajstić information content (AvgIpc) is 3.08. The van der Waals surface area contributed by atoms with Crippen molar-refractivity contribution in [1.82, 2.24) is 10.2 Å². The number of piperidine rings is 1. The molecule has 0 saturated carbocycles. The van der Waals surface area contributed by atoms with E-state index in [9.17, 15) is 4.79 Å². The third-order valence-electron chi connectivity index (χ3n) is 5.50. The Kier molecular flexibility index (Phi) is 5.00. The van der Waals surface area contributed by atoms with Crippen LogP contribution in [0.1, 0.15) is 47.0 Å². The summed E-state index contributed by atoms with van der Waals surface area (Å²) in [5, 5.41) is 3.10. The second-order valence-corrected chi connectivity index (χ2v) is 8.39. The summed E-state index contributed by atoms with van der Waals surface area (Å²) < 4.78 is 5.86. The normalized spacial score (nSPS) is 19.4. The third-order valence-corrected chi connectivity index (χ3v) is 6.70. The Morgan fingerprint density at radius 2 is 2.27 bits per heavy atom. The molecule has 2 aromatic rings. The highest BCUT2D eigenvalue weighted by atomic mass is 32.1. The standard InChI is InChI=1S/C21H26N2O2S/c1-14-6-5-8-17-19(14)20-16(13-25-17)12-18(26-20)21(24)22-9-11-23-10-4-3-7-15(23)2/h5-6,8,12,15H,3-4,7,9-11,13H2,1-2H3,(H,22,24)/t15-/m0/s1. The Morgan fingerprint density at radius 3 is 3.12 bits per heavy atom. The van der Waals surface area contributed by atoms with E-state index in [1.165, 1.54) is 29.7 Å². The van der Waals surface area contributed by atoms with Crippen LogP contribution < -0.4 is 10.1 Å². The fourth-order valence-electron chi connectivity index (χ4n) is 3.96. The molecule has 138 valence electrons. The molecule has 0 aliphatic carbocycles. The molecule has 1 N–H and O–H groups in total.